The Morgan fingerprint density at radius 3 is 1.75 bits per heavy atom. The fourth-order valence-corrected chi connectivity index (χ4v) is 4.23. The SMILES string of the molecule is CCOP(=O)(OCC)C(CC(=O)Oc1ccccc1)C(=O)Oc1ccccc1. The molecule has 0 amide bonds. The largest absolute Gasteiger partial charge is 0.426 e. The maximum Gasteiger partial charge on any atom is 0.345 e. The molecule has 2 aromatic rings. The average molecular weight is 406 g/mol. The molecule has 0 heterocycles. The molecule has 2 rings (SSSR count). The molecule has 1 unspecified atom stereocenters. The van der Waals surface area contributed by atoms with E-state index >= 15 is 0 Å². The van der Waals surface area contributed by atoms with E-state index in [9.17, 15) is 14.2 Å². The zero-order valence-electron chi connectivity index (χ0n) is 15.8. The Hall–Kier alpha value is -2.47. The maximum atomic E-state index is 13.2. The van der Waals surface area contributed by atoms with E-state index in [1.807, 2.05) is 0 Å². The molecule has 0 bridgehead atoms. The summed E-state index contributed by atoms with van der Waals surface area (Å²) in [6.07, 6.45) is -0.516. The summed E-state index contributed by atoms with van der Waals surface area (Å²) in [7, 11) is -3.96. The van der Waals surface area contributed by atoms with Crippen molar-refractivity contribution < 1.29 is 32.7 Å². The predicted molar refractivity (Wildman–Crippen MR) is 103 cm³/mol. The Kier molecular flexibility index (Phi) is 8.39. The summed E-state index contributed by atoms with van der Waals surface area (Å²) < 4.78 is 34.2. The normalized spacial score (nSPS) is 12.2. The smallest absolute Gasteiger partial charge is 0.345 e. The van der Waals surface area contributed by atoms with Crippen LogP contribution in [0.25, 0.3) is 0 Å². The van der Waals surface area contributed by atoms with Gasteiger partial charge in [0, 0.05) is 0 Å². The van der Waals surface area contributed by atoms with Crippen LogP contribution in [0, 0.1) is 0 Å². The minimum atomic E-state index is -3.96. The number of hydrogen-bond acceptors (Lipinski definition) is 7. The highest BCUT2D eigenvalue weighted by molar-refractivity contribution is 7.55. The summed E-state index contributed by atoms with van der Waals surface area (Å²) in [4.78, 5) is 25.1. The summed E-state index contributed by atoms with van der Waals surface area (Å²) in [5.41, 5.74) is -1.45. The van der Waals surface area contributed by atoms with Gasteiger partial charge in [-0.05, 0) is 38.1 Å². The van der Waals surface area contributed by atoms with Gasteiger partial charge in [0.15, 0.2) is 5.66 Å². The molecule has 0 aliphatic heterocycles. The fraction of sp³-hybridized carbons (Fsp3) is 0.300. The minimum absolute atomic E-state index is 0.0418. The number of carbonyl (C=O) groups excluding carboxylic acids is 2. The molecule has 150 valence electrons. The van der Waals surface area contributed by atoms with Gasteiger partial charge >= 0.3 is 19.5 Å². The lowest BCUT2D eigenvalue weighted by atomic mass is 10.3. The highest BCUT2D eigenvalue weighted by Crippen LogP contribution is 2.54. The molecule has 7 nitrogen and oxygen atoms in total. The molecule has 28 heavy (non-hydrogen) atoms. The molecule has 0 saturated carbocycles. The van der Waals surface area contributed by atoms with Gasteiger partial charge < -0.3 is 18.5 Å². The lowest BCUT2D eigenvalue weighted by Gasteiger charge is -2.24. The lowest BCUT2D eigenvalue weighted by molar-refractivity contribution is -0.140. The van der Waals surface area contributed by atoms with Gasteiger partial charge in [-0.3, -0.25) is 14.2 Å². The summed E-state index contributed by atoms with van der Waals surface area (Å²) in [5, 5.41) is 0. The number of carbonyl (C=O) groups is 2. The monoisotopic (exact) mass is 406 g/mol. The van der Waals surface area contributed by atoms with Gasteiger partial charge in [-0.2, -0.15) is 0 Å². The lowest BCUT2D eigenvalue weighted by Crippen LogP contribution is -2.31. The van der Waals surface area contributed by atoms with Crippen LogP contribution < -0.4 is 9.47 Å². The van der Waals surface area contributed by atoms with Crippen molar-refractivity contribution in [2.24, 2.45) is 0 Å². The topological polar surface area (TPSA) is 88.1 Å². The van der Waals surface area contributed by atoms with Crippen molar-refractivity contribution in [1.82, 2.24) is 0 Å². The molecule has 0 saturated heterocycles. The number of rotatable bonds is 10. The molecular formula is C20H23O7P. The Balaban J connectivity index is 2.22. The summed E-state index contributed by atoms with van der Waals surface area (Å²) in [6.45, 7) is 3.32. The number of hydrogen-bond donors (Lipinski definition) is 0. The van der Waals surface area contributed by atoms with Crippen LogP contribution >= 0.6 is 7.60 Å². The van der Waals surface area contributed by atoms with Gasteiger partial charge in [0.2, 0.25) is 0 Å². The third kappa shape index (κ3) is 6.30. The molecule has 1 atom stereocenters. The van der Waals surface area contributed by atoms with E-state index in [1.165, 1.54) is 0 Å². The first-order valence-corrected chi connectivity index (χ1v) is 10.5. The van der Waals surface area contributed by atoms with E-state index in [-0.39, 0.29) is 19.0 Å². The first-order valence-electron chi connectivity index (χ1n) is 8.89. The Morgan fingerprint density at radius 2 is 1.29 bits per heavy atom. The maximum absolute atomic E-state index is 13.2. The van der Waals surface area contributed by atoms with Gasteiger partial charge in [0.05, 0.1) is 19.6 Å². The van der Waals surface area contributed by atoms with Crippen molar-refractivity contribution in [3.05, 3.63) is 60.7 Å². The van der Waals surface area contributed by atoms with E-state index < -0.39 is 31.6 Å². The number of esters is 2. The van der Waals surface area contributed by atoms with E-state index in [0.717, 1.165) is 0 Å². The van der Waals surface area contributed by atoms with Crippen molar-refractivity contribution >= 4 is 19.5 Å². The molecule has 0 N–H and O–H groups in total. The van der Waals surface area contributed by atoms with Gasteiger partial charge in [0.25, 0.3) is 0 Å². The average Bonchev–Trinajstić information content (AvgIpc) is 2.68. The molecule has 2 aromatic carbocycles. The van der Waals surface area contributed by atoms with Crippen LogP contribution in [0.3, 0.4) is 0 Å². The third-order valence-electron chi connectivity index (χ3n) is 3.57. The molecule has 0 aliphatic rings. The second-order valence-electron chi connectivity index (χ2n) is 5.62. The number of benzene rings is 2. The van der Waals surface area contributed by atoms with Crippen LogP contribution in [0.15, 0.2) is 60.7 Å². The van der Waals surface area contributed by atoms with Crippen LogP contribution in [0.4, 0.5) is 0 Å². The fourth-order valence-electron chi connectivity index (χ4n) is 2.39. The second-order valence-corrected chi connectivity index (χ2v) is 7.84. The quantitative estimate of drug-likeness (QED) is 0.332. The van der Waals surface area contributed by atoms with Crippen LogP contribution in [-0.2, 0) is 23.2 Å². The molecule has 0 spiro atoms. The van der Waals surface area contributed by atoms with Crippen LogP contribution in [-0.4, -0.2) is 30.8 Å². The van der Waals surface area contributed by atoms with Crippen molar-refractivity contribution in [3.8, 4) is 11.5 Å². The van der Waals surface area contributed by atoms with Crippen LogP contribution in [0.1, 0.15) is 20.3 Å². The van der Waals surface area contributed by atoms with Gasteiger partial charge in [-0.1, -0.05) is 36.4 Å². The van der Waals surface area contributed by atoms with E-state index in [0.29, 0.717) is 5.75 Å². The number of ether oxygens (including phenoxy) is 2. The molecule has 0 aliphatic carbocycles. The van der Waals surface area contributed by atoms with Crippen molar-refractivity contribution in [3.63, 3.8) is 0 Å². The zero-order chi connectivity index (χ0) is 20.4. The highest BCUT2D eigenvalue weighted by Gasteiger charge is 2.44. The third-order valence-corrected chi connectivity index (χ3v) is 5.96. The molecule has 0 fully saturated rings. The molecule has 0 aromatic heterocycles. The summed E-state index contributed by atoms with van der Waals surface area (Å²) >= 11 is 0. The summed E-state index contributed by atoms with van der Waals surface area (Å²) in [5.74, 6) is -1.07. The van der Waals surface area contributed by atoms with Gasteiger partial charge in [0.1, 0.15) is 11.5 Å². The Labute approximate surface area is 164 Å². The summed E-state index contributed by atoms with van der Waals surface area (Å²) in [6, 6.07) is 16.7. The van der Waals surface area contributed by atoms with Crippen molar-refractivity contribution in [2.75, 3.05) is 13.2 Å². The molecular weight excluding hydrogens is 383 g/mol. The van der Waals surface area contributed by atoms with Gasteiger partial charge in [-0.25, -0.2) is 0 Å². The molecule has 8 heteroatoms. The predicted octanol–water partition coefficient (Wildman–Crippen LogP) is 4.22. The number of para-hydroxylation sites is 2. The minimum Gasteiger partial charge on any atom is -0.426 e. The highest BCUT2D eigenvalue weighted by atomic mass is 31.2. The first-order chi connectivity index (χ1) is 13.5. The van der Waals surface area contributed by atoms with Crippen LogP contribution in [0.2, 0.25) is 0 Å². The van der Waals surface area contributed by atoms with Gasteiger partial charge in [-0.15, -0.1) is 0 Å². The standard InChI is InChI=1S/C20H23O7P/c1-3-24-28(23,25-4-2)18(20(22)27-17-13-9-6-10-14-17)15-19(21)26-16-11-7-5-8-12-16/h5-14,18H,3-4,15H2,1-2H3. The zero-order valence-corrected chi connectivity index (χ0v) is 16.7. The van der Waals surface area contributed by atoms with Crippen molar-refractivity contribution in [2.45, 2.75) is 25.9 Å². The second kappa shape index (κ2) is 10.8. The van der Waals surface area contributed by atoms with E-state index in [2.05, 4.69) is 0 Å². The van der Waals surface area contributed by atoms with Crippen molar-refractivity contribution in [1.29, 1.82) is 0 Å². The van der Waals surface area contributed by atoms with E-state index in [1.54, 1.807) is 74.5 Å². The molecule has 0 radical (unpaired) electrons. The van der Waals surface area contributed by atoms with Crippen LogP contribution in [0.5, 0.6) is 11.5 Å². The first kappa shape index (κ1) is 21.8. The van der Waals surface area contributed by atoms with E-state index in [4.69, 9.17) is 18.5 Å². The Morgan fingerprint density at radius 1 is 0.821 bits per heavy atom. The Bertz CT molecular complexity index is 798.